The van der Waals surface area contributed by atoms with Gasteiger partial charge in [0.15, 0.2) is 0 Å². The van der Waals surface area contributed by atoms with Crippen LogP contribution in [0.2, 0.25) is 0 Å². The van der Waals surface area contributed by atoms with Gasteiger partial charge in [-0.05, 0) is 27.7 Å². The minimum Gasteiger partial charge on any atom is -0.466 e. The molecule has 0 aromatic rings. The summed E-state index contributed by atoms with van der Waals surface area (Å²) in [5, 5.41) is 9.69. The van der Waals surface area contributed by atoms with E-state index in [4.69, 9.17) is 4.74 Å². The maximum Gasteiger partial charge on any atom is 0.413 e. The molecule has 0 saturated heterocycles. The average molecular weight is 259 g/mol. The zero-order valence-corrected chi connectivity index (χ0v) is 11.5. The van der Waals surface area contributed by atoms with Crippen LogP contribution in [-0.4, -0.2) is 47.6 Å². The largest absolute Gasteiger partial charge is 0.466 e. The lowest BCUT2D eigenvalue weighted by atomic mass is 10.2. The van der Waals surface area contributed by atoms with Crippen LogP contribution in [0.15, 0.2) is 12.2 Å². The Morgan fingerprint density at radius 1 is 1.39 bits per heavy atom. The first-order valence-electron chi connectivity index (χ1n) is 5.59. The highest BCUT2D eigenvalue weighted by Crippen LogP contribution is 2.12. The molecule has 0 aliphatic carbocycles. The maximum absolute atomic E-state index is 11.8. The summed E-state index contributed by atoms with van der Waals surface area (Å²) in [5.74, 6) is -0.912. The number of rotatable bonds is 4. The molecule has 1 atom stereocenters. The predicted octanol–water partition coefficient (Wildman–Crippen LogP) is 1.29. The molecule has 0 aromatic heterocycles. The topological polar surface area (TPSA) is 76.1 Å². The highest BCUT2D eigenvalue weighted by atomic mass is 16.6. The lowest BCUT2D eigenvalue weighted by molar-refractivity contribution is -0.160. The second-order valence-electron chi connectivity index (χ2n) is 4.60. The third kappa shape index (κ3) is 5.67. The molecule has 0 radical (unpaired) electrons. The number of amides is 1. The van der Waals surface area contributed by atoms with Crippen molar-refractivity contribution in [3.63, 3.8) is 0 Å². The monoisotopic (exact) mass is 259 g/mol. The number of nitrogens with zero attached hydrogens (tertiary/aromatic N) is 1. The van der Waals surface area contributed by atoms with E-state index in [1.807, 2.05) is 0 Å². The number of hydrogen-bond acceptors (Lipinski definition) is 5. The van der Waals surface area contributed by atoms with Crippen LogP contribution in [0.25, 0.3) is 0 Å². The Morgan fingerprint density at radius 2 is 1.94 bits per heavy atom. The first-order valence-corrected chi connectivity index (χ1v) is 5.59. The molecule has 0 fully saturated rings. The van der Waals surface area contributed by atoms with Crippen molar-refractivity contribution in [2.75, 3.05) is 13.7 Å². The fraction of sp³-hybridized carbons (Fsp3) is 0.667. The number of aliphatic hydroxyl groups excluding tert-OH is 1. The molecular formula is C12H21NO5. The number of carbonyl (C=O) groups is 2. The molecule has 0 aliphatic rings. The van der Waals surface area contributed by atoms with Gasteiger partial charge in [0.2, 0.25) is 6.23 Å². The van der Waals surface area contributed by atoms with Crippen molar-refractivity contribution < 1.29 is 24.2 Å². The summed E-state index contributed by atoms with van der Waals surface area (Å²) in [6.07, 6.45) is 0.858. The van der Waals surface area contributed by atoms with E-state index < -0.39 is 23.9 Å². The van der Waals surface area contributed by atoms with Crippen LogP contribution in [0.4, 0.5) is 4.79 Å². The summed E-state index contributed by atoms with van der Waals surface area (Å²) in [6, 6.07) is 0. The fourth-order valence-electron chi connectivity index (χ4n) is 1.05. The predicted molar refractivity (Wildman–Crippen MR) is 65.8 cm³/mol. The first kappa shape index (κ1) is 16.4. The van der Waals surface area contributed by atoms with Gasteiger partial charge in [0.25, 0.3) is 0 Å². The normalized spacial score (nSPS) is 13.2. The van der Waals surface area contributed by atoms with E-state index in [-0.39, 0.29) is 6.54 Å². The third-order valence-corrected chi connectivity index (χ3v) is 1.87. The van der Waals surface area contributed by atoms with E-state index in [0.29, 0.717) is 0 Å². The zero-order valence-electron chi connectivity index (χ0n) is 11.5. The molecule has 0 heterocycles. The minimum absolute atomic E-state index is 0.0572. The first-order chi connectivity index (χ1) is 8.22. The summed E-state index contributed by atoms with van der Waals surface area (Å²) in [4.78, 5) is 24.0. The quantitative estimate of drug-likeness (QED) is 0.468. The Morgan fingerprint density at radius 3 is 2.33 bits per heavy atom. The van der Waals surface area contributed by atoms with Crippen molar-refractivity contribution in [1.82, 2.24) is 4.90 Å². The molecule has 6 heteroatoms. The summed E-state index contributed by atoms with van der Waals surface area (Å²) in [6.45, 7) is 6.91. The van der Waals surface area contributed by atoms with Gasteiger partial charge in [0.1, 0.15) is 5.60 Å². The summed E-state index contributed by atoms with van der Waals surface area (Å²) >= 11 is 0. The highest BCUT2D eigenvalue weighted by Gasteiger charge is 2.31. The van der Waals surface area contributed by atoms with Gasteiger partial charge in [-0.3, -0.25) is 4.90 Å². The van der Waals surface area contributed by atoms with Gasteiger partial charge in [-0.15, -0.1) is 0 Å². The number of hydrogen-bond donors (Lipinski definition) is 1. The second-order valence-corrected chi connectivity index (χ2v) is 4.60. The van der Waals surface area contributed by atoms with Crippen LogP contribution < -0.4 is 0 Å². The van der Waals surface area contributed by atoms with Gasteiger partial charge < -0.3 is 14.6 Å². The van der Waals surface area contributed by atoms with Gasteiger partial charge in [-0.2, -0.15) is 0 Å². The van der Waals surface area contributed by atoms with Crippen molar-refractivity contribution in [3.8, 4) is 0 Å². The lowest BCUT2D eigenvalue weighted by Gasteiger charge is -2.28. The van der Waals surface area contributed by atoms with Crippen LogP contribution in [0, 0.1) is 0 Å². The second kappa shape index (κ2) is 7.00. The average Bonchev–Trinajstić information content (AvgIpc) is 2.25. The summed E-state index contributed by atoms with van der Waals surface area (Å²) in [5.41, 5.74) is -0.707. The Labute approximate surface area is 107 Å². The van der Waals surface area contributed by atoms with Crippen molar-refractivity contribution in [3.05, 3.63) is 12.2 Å². The van der Waals surface area contributed by atoms with E-state index in [2.05, 4.69) is 4.74 Å². The molecular weight excluding hydrogens is 238 g/mol. The maximum atomic E-state index is 11.8. The molecule has 6 nitrogen and oxygen atoms in total. The van der Waals surface area contributed by atoms with Gasteiger partial charge >= 0.3 is 12.1 Å². The number of carbonyl (C=O) groups excluding carboxylic acids is 2. The van der Waals surface area contributed by atoms with Crippen LogP contribution >= 0.6 is 0 Å². The molecule has 1 unspecified atom stereocenters. The third-order valence-electron chi connectivity index (χ3n) is 1.87. The number of aliphatic hydroxyl groups is 1. The van der Waals surface area contributed by atoms with E-state index in [1.54, 1.807) is 39.8 Å². The molecule has 1 amide bonds. The van der Waals surface area contributed by atoms with Gasteiger partial charge in [0.05, 0.1) is 7.11 Å². The van der Waals surface area contributed by atoms with Gasteiger partial charge in [0, 0.05) is 6.54 Å². The highest BCUT2D eigenvalue weighted by molar-refractivity contribution is 5.80. The summed E-state index contributed by atoms with van der Waals surface area (Å²) < 4.78 is 9.49. The van der Waals surface area contributed by atoms with Crippen LogP contribution in [0.5, 0.6) is 0 Å². The fourth-order valence-corrected chi connectivity index (χ4v) is 1.05. The van der Waals surface area contributed by atoms with E-state index in [1.165, 1.54) is 0 Å². The summed E-state index contributed by atoms with van der Waals surface area (Å²) in [7, 11) is 1.13. The lowest BCUT2D eigenvalue weighted by Crippen LogP contribution is -2.47. The number of esters is 1. The van der Waals surface area contributed by atoms with E-state index >= 15 is 0 Å². The van der Waals surface area contributed by atoms with Gasteiger partial charge in [-0.25, -0.2) is 9.59 Å². The molecule has 0 saturated carbocycles. The van der Waals surface area contributed by atoms with E-state index in [9.17, 15) is 14.7 Å². The molecule has 0 aromatic carbocycles. The van der Waals surface area contributed by atoms with Gasteiger partial charge in [-0.1, -0.05) is 12.2 Å². The van der Waals surface area contributed by atoms with Crippen molar-refractivity contribution in [2.45, 2.75) is 39.5 Å². The van der Waals surface area contributed by atoms with Crippen LogP contribution in [-0.2, 0) is 14.3 Å². The SMILES string of the molecule is C/C=C/CN(C(=O)OC(C)(C)C)C(O)C(=O)OC. The molecule has 0 rings (SSSR count). The number of methoxy groups -OCH3 is 1. The van der Waals surface area contributed by atoms with Crippen LogP contribution in [0.1, 0.15) is 27.7 Å². The Kier molecular flexibility index (Phi) is 6.40. The van der Waals surface area contributed by atoms with Crippen molar-refractivity contribution >= 4 is 12.1 Å². The zero-order chi connectivity index (χ0) is 14.3. The van der Waals surface area contributed by atoms with Crippen molar-refractivity contribution in [2.24, 2.45) is 0 Å². The molecule has 0 spiro atoms. The molecule has 0 bridgehead atoms. The minimum atomic E-state index is -1.68. The number of ether oxygens (including phenoxy) is 2. The molecule has 1 N–H and O–H groups in total. The number of allylic oxidation sites excluding steroid dienone is 1. The van der Waals surface area contributed by atoms with Crippen LogP contribution in [0.3, 0.4) is 0 Å². The Bertz CT molecular complexity index is 319. The Hall–Kier alpha value is -1.56. The smallest absolute Gasteiger partial charge is 0.413 e. The van der Waals surface area contributed by atoms with Crippen molar-refractivity contribution in [1.29, 1.82) is 0 Å². The van der Waals surface area contributed by atoms with E-state index in [0.717, 1.165) is 12.0 Å². The molecule has 18 heavy (non-hydrogen) atoms. The Balaban J connectivity index is 4.87. The standard InChI is InChI=1S/C12H21NO5/c1-6-7-8-13(9(14)10(15)17-5)11(16)18-12(2,3)4/h6-7,9,14H,8H2,1-5H3/b7-6+. The molecule has 104 valence electrons. The molecule has 0 aliphatic heterocycles.